The zero-order valence-electron chi connectivity index (χ0n) is 16.9. The van der Waals surface area contributed by atoms with Gasteiger partial charge < -0.3 is 5.11 Å². The summed E-state index contributed by atoms with van der Waals surface area (Å²) in [4.78, 5) is 10.9. The van der Waals surface area contributed by atoms with Crippen LogP contribution in [0.4, 0.5) is 0 Å². The minimum Gasteiger partial charge on any atom is -0.481 e. The SMILES string of the molecule is O=C(O)CCCc1ccc(CC2(NS(=O)(=O)c3ccc(Cl)cc3)CCCCC2)cc1. The van der Waals surface area contributed by atoms with Crippen molar-refractivity contribution < 1.29 is 18.3 Å². The highest BCUT2D eigenvalue weighted by atomic mass is 35.5. The highest BCUT2D eigenvalue weighted by Crippen LogP contribution is 2.33. The Kier molecular flexibility index (Phi) is 7.55. The van der Waals surface area contributed by atoms with Crippen molar-refractivity contribution in [2.45, 2.75) is 68.2 Å². The fraction of sp³-hybridized carbons (Fsp3) is 0.435. The van der Waals surface area contributed by atoms with Gasteiger partial charge in [0.1, 0.15) is 0 Å². The molecular formula is C23H28ClNO4S. The average Bonchev–Trinajstić information content (AvgIpc) is 2.69. The number of halogens is 1. The lowest BCUT2D eigenvalue weighted by Gasteiger charge is -2.38. The van der Waals surface area contributed by atoms with Gasteiger partial charge >= 0.3 is 5.97 Å². The maximum Gasteiger partial charge on any atom is 0.303 e. The van der Waals surface area contributed by atoms with Gasteiger partial charge in [-0.05, 0) is 67.5 Å². The molecule has 1 aliphatic carbocycles. The quantitative estimate of drug-likeness (QED) is 0.566. The second kappa shape index (κ2) is 9.94. The lowest BCUT2D eigenvalue weighted by Crippen LogP contribution is -2.51. The molecule has 0 aliphatic heterocycles. The molecule has 2 aromatic carbocycles. The van der Waals surface area contributed by atoms with Gasteiger partial charge in [0, 0.05) is 17.0 Å². The molecule has 0 spiro atoms. The van der Waals surface area contributed by atoms with Crippen LogP contribution in [0.2, 0.25) is 5.02 Å². The van der Waals surface area contributed by atoms with Gasteiger partial charge in [-0.1, -0.05) is 55.1 Å². The maximum absolute atomic E-state index is 13.0. The van der Waals surface area contributed by atoms with Crippen LogP contribution in [0.15, 0.2) is 53.4 Å². The summed E-state index contributed by atoms with van der Waals surface area (Å²) in [7, 11) is -3.65. The number of sulfonamides is 1. The van der Waals surface area contributed by atoms with Gasteiger partial charge in [0.15, 0.2) is 0 Å². The number of benzene rings is 2. The molecule has 0 amide bonds. The van der Waals surface area contributed by atoms with E-state index in [-0.39, 0.29) is 11.3 Å². The summed E-state index contributed by atoms with van der Waals surface area (Å²) in [6.07, 6.45) is 6.85. The monoisotopic (exact) mass is 449 g/mol. The molecule has 30 heavy (non-hydrogen) atoms. The highest BCUT2D eigenvalue weighted by molar-refractivity contribution is 7.89. The van der Waals surface area contributed by atoms with E-state index in [0.29, 0.717) is 17.9 Å². The van der Waals surface area contributed by atoms with Gasteiger partial charge in [-0.3, -0.25) is 4.79 Å². The number of carbonyl (C=O) groups is 1. The fourth-order valence-corrected chi connectivity index (χ4v) is 5.74. The van der Waals surface area contributed by atoms with E-state index < -0.39 is 21.5 Å². The molecule has 0 bridgehead atoms. The molecule has 2 aromatic rings. The largest absolute Gasteiger partial charge is 0.481 e. The second-order valence-electron chi connectivity index (χ2n) is 8.14. The Bertz CT molecular complexity index is 950. The molecule has 0 aromatic heterocycles. The molecular weight excluding hydrogens is 422 g/mol. The molecule has 0 saturated heterocycles. The van der Waals surface area contributed by atoms with Gasteiger partial charge in [0.2, 0.25) is 10.0 Å². The molecule has 2 N–H and O–H groups in total. The van der Waals surface area contributed by atoms with Crippen molar-refractivity contribution in [3.63, 3.8) is 0 Å². The van der Waals surface area contributed by atoms with Crippen molar-refractivity contribution in [2.24, 2.45) is 0 Å². The number of nitrogens with one attached hydrogen (secondary N) is 1. The van der Waals surface area contributed by atoms with Gasteiger partial charge in [0.05, 0.1) is 4.90 Å². The molecule has 7 heteroatoms. The van der Waals surface area contributed by atoms with Gasteiger partial charge in [0.25, 0.3) is 0 Å². The van der Waals surface area contributed by atoms with E-state index in [1.54, 1.807) is 12.1 Å². The van der Waals surface area contributed by atoms with Crippen molar-refractivity contribution in [1.82, 2.24) is 4.72 Å². The summed E-state index contributed by atoms with van der Waals surface area (Å²) in [5.74, 6) is -0.779. The first kappa shape index (κ1) is 22.8. The number of carboxylic acid groups (broad SMARTS) is 1. The molecule has 1 fully saturated rings. The lowest BCUT2D eigenvalue weighted by atomic mass is 9.78. The van der Waals surface area contributed by atoms with Crippen LogP contribution in [0, 0.1) is 0 Å². The van der Waals surface area contributed by atoms with Crippen LogP contribution in [-0.2, 0) is 27.7 Å². The fourth-order valence-electron chi connectivity index (χ4n) is 4.16. The Labute approximate surface area is 183 Å². The number of hydrogen-bond donors (Lipinski definition) is 2. The summed E-state index contributed by atoms with van der Waals surface area (Å²) in [5, 5.41) is 9.28. The highest BCUT2D eigenvalue weighted by Gasteiger charge is 2.36. The van der Waals surface area contributed by atoms with Gasteiger partial charge in [-0.25, -0.2) is 13.1 Å². The normalized spacial score (nSPS) is 16.3. The molecule has 1 saturated carbocycles. The maximum atomic E-state index is 13.0. The topological polar surface area (TPSA) is 83.5 Å². The second-order valence-corrected chi connectivity index (χ2v) is 10.3. The van der Waals surface area contributed by atoms with Crippen molar-refractivity contribution in [1.29, 1.82) is 0 Å². The Morgan fingerprint density at radius 1 is 0.967 bits per heavy atom. The lowest BCUT2D eigenvalue weighted by molar-refractivity contribution is -0.137. The third kappa shape index (κ3) is 6.30. The zero-order valence-corrected chi connectivity index (χ0v) is 18.5. The van der Waals surface area contributed by atoms with Crippen molar-refractivity contribution in [3.8, 4) is 0 Å². The molecule has 0 atom stereocenters. The standard InChI is InChI=1S/C23H28ClNO4S/c24-20-11-13-21(14-12-20)30(28,29)25-23(15-2-1-3-16-23)17-19-9-7-18(8-10-19)5-4-6-22(26)27/h7-14,25H,1-6,15-17H2,(H,26,27). The average molecular weight is 450 g/mol. The first-order valence-corrected chi connectivity index (χ1v) is 12.2. The molecule has 3 rings (SSSR count). The number of aliphatic carboxylic acids is 1. The summed E-state index contributed by atoms with van der Waals surface area (Å²) in [6, 6.07) is 14.3. The van der Waals surface area contributed by atoms with Crippen LogP contribution in [0.1, 0.15) is 56.1 Å². The predicted octanol–water partition coefficient (Wildman–Crippen LogP) is 4.97. The Morgan fingerprint density at radius 2 is 1.57 bits per heavy atom. The van der Waals surface area contributed by atoms with E-state index in [1.165, 1.54) is 12.1 Å². The van der Waals surface area contributed by atoms with E-state index >= 15 is 0 Å². The zero-order chi connectivity index (χ0) is 21.6. The Morgan fingerprint density at radius 3 is 2.17 bits per heavy atom. The van der Waals surface area contributed by atoms with E-state index in [9.17, 15) is 13.2 Å². The Hall–Kier alpha value is -1.89. The first-order valence-electron chi connectivity index (χ1n) is 10.4. The van der Waals surface area contributed by atoms with E-state index in [4.69, 9.17) is 16.7 Å². The van der Waals surface area contributed by atoms with Gasteiger partial charge in [-0.2, -0.15) is 0 Å². The number of carboxylic acids is 1. The molecule has 0 unspecified atom stereocenters. The Balaban J connectivity index is 1.74. The van der Waals surface area contributed by atoms with Crippen LogP contribution >= 0.6 is 11.6 Å². The molecule has 1 aliphatic rings. The summed E-state index contributed by atoms with van der Waals surface area (Å²) in [6.45, 7) is 0. The predicted molar refractivity (Wildman–Crippen MR) is 118 cm³/mol. The number of aryl methyl sites for hydroxylation is 1. The van der Waals surface area contributed by atoms with E-state index in [0.717, 1.165) is 49.7 Å². The third-order valence-corrected chi connectivity index (χ3v) is 7.55. The smallest absolute Gasteiger partial charge is 0.303 e. The van der Waals surface area contributed by atoms with Crippen LogP contribution in [0.5, 0.6) is 0 Å². The molecule has 0 heterocycles. The van der Waals surface area contributed by atoms with E-state index in [1.807, 2.05) is 24.3 Å². The minimum atomic E-state index is -3.65. The van der Waals surface area contributed by atoms with Crippen LogP contribution in [0.3, 0.4) is 0 Å². The van der Waals surface area contributed by atoms with E-state index in [2.05, 4.69) is 4.72 Å². The van der Waals surface area contributed by atoms with Crippen molar-refractivity contribution in [2.75, 3.05) is 0 Å². The van der Waals surface area contributed by atoms with Crippen LogP contribution in [0.25, 0.3) is 0 Å². The van der Waals surface area contributed by atoms with Crippen molar-refractivity contribution >= 4 is 27.6 Å². The minimum absolute atomic E-state index is 0.164. The summed E-state index contributed by atoms with van der Waals surface area (Å²) < 4.78 is 29.1. The number of hydrogen-bond acceptors (Lipinski definition) is 3. The third-order valence-electron chi connectivity index (χ3n) is 5.71. The first-order chi connectivity index (χ1) is 14.3. The molecule has 162 valence electrons. The molecule has 5 nitrogen and oxygen atoms in total. The summed E-state index contributed by atoms with van der Waals surface area (Å²) >= 11 is 5.90. The van der Waals surface area contributed by atoms with Crippen molar-refractivity contribution in [3.05, 3.63) is 64.7 Å². The molecule has 0 radical (unpaired) electrons. The van der Waals surface area contributed by atoms with Crippen LogP contribution in [-0.4, -0.2) is 25.0 Å². The number of rotatable bonds is 9. The summed E-state index contributed by atoms with van der Waals surface area (Å²) in [5.41, 5.74) is 1.68. The van der Waals surface area contributed by atoms with Gasteiger partial charge in [-0.15, -0.1) is 0 Å². The van der Waals surface area contributed by atoms with Crippen LogP contribution < -0.4 is 4.72 Å².